The van der Waals surface area contributed by atoms with Crippen molar-refractivity contribution in [2.75, 3.05) is 7.11 Å². The summed E-state index contributed by atoms with van der Waals surface area (Å²) in [6.07, 6.45) is 0. The molecule has 0 spiro atoms. The zero-order chi connectivity index (χ0) is 13.1. The summed E-state index contributed by atoms with van der Waals surface area (Å²) in [5.74, 6) is 0.882. The van der Waals surface area contributed by atoms with Crippen molar-refractivity contribution in [2.45, 2.75) is 0 Å². The number of rotatable bonds is 3. The van der Waals surface area contributed by atoms with E-state index in [-0.39, 0.29) is 0 Å². The molecule has 19 heavy (non-hydrogen) atoms. The molecule has 1 N–H and O–H groups in total. The highest BCUT2D eigenvalue weighted by atomic mass is 32.2. The van der Waals surface area contributed by atoms with Crippen LogP contribution in [0.1, 0.15) is 5.56 Å². The Hall–Kier alpha value is -1.36. The predicted molar refractivity (Wildman–Crippen MR) is 84.7 cm³/mol. The molecule has 0 aliphatic carbocycles. The number of hydrogen-bond acceptors (Lipinski definition) is 4. The molecular formula is C15H13NOS2. The molecule has 0 bridgehead atoms. The van der Waals surface area contributed by atoms with Crippen LogP contribution in [0.5, 0.6) is 5.75 Å². The molecule has 1 aliphatic heterocycles. The third-order valence-electron chi connectivity index (χ3n) is 2.96. The van der Waals surface area contributed by atoms with Crippen molar-refractivity contribution in [3.05, 3.63) is 59.5 Å². The summed E-state index contributed by atoms with van der Waals surface area (Å²) >= 11 is 3.28. The smallest absolute Gasteiger partial charge is 0.118 e. The largest absolute Gasteiger partial charge is 0.497 e. The first kappa shape index (κ1) is 12.7. The van der Waals surface area contributed by atoms with Gasteiger partial charge in [0.2, 0.25) is 0 Å². The third-order valence-corrected chi connectivity index (χ3v) is 4.74. The molecule has 0 radical (unpaired) electrons. The molecule has 2 nitrogen and oxygen atoms in total. The zero-order valence-corrected chi connectivity index (χ0v) is 12.1. The Morgan fingerprint density at radius 3 is 2.32 bits per heavy atom. The molecule has 96 valence electrons. The first-order valence-corrected chi connectivity index (χ1v) is 7.59. The molecule has 1 heterocycles. The quantitative estimate of drug-likeness (QED) is 0.835. The minimum absolute atomic E-state index is 0.882. The van der Waals surface area contributed by atoms with Crippen molar-refractivity contribution < 1.29 is 4.74 Å². The van der Waals surface area contributed by atoms with E-state index in [1.54, 1.807) is 31.0 Å². The molecule has 4 heteroatoms. The maximum Gasteiger partial charge on any atom is 0.118 e. The molecule has 0 atom stereocenters. The van der Waals surface area contributed by atoms with Gasteiger partial charge in [0.1, 0.15) is 5.75 Å². The lowest BCUT2D eigenvalue weighted by Crippen LogP contribution is -1.88. The van der Waals surface area contributed by atoms with Crippen LogP contribution >= 0.6 is 23.9 Å². The van der Waals surface area contributed by atoms with E-state index in [1.165, 1.54) is 21.6 Å². The molecule has 0 unspecified atom stereocenters. The molecule has 0 fully saturated rings. The van der Waals surface area contributed by atoms with Crippen LogP contribution in [0.15, 0.2) is 53.9 Å². The lowest BCUT2D eigenvalue weighted by molar-refractivity contribution is 0.415. The topological polar surface area (TPSA) is 21.3 Å². The van der Waals surface area contributed by atoms with E-state index in [4.69, 9.17) is 4.74 Å². The Balaban J connectivity index is 2.03. The van der Waals surface area contributed by atoms with Gasteiger partial charge in [-0.15, -0.1) is 0 Å². The monoisotopic (exact) mass is 287 g/mol. The lowest BCUT2D eigenvalue weighted by atomic mass is 9.99. The van der Waals surface area contributed by atoms with Crippen LogP contribution in [0.3, 0.4) is 0 Å². The normalized spacial score (nSPS) is 14.3. The standard InChI is InChI=1S/C15H13NOS2/c1-17-12-8-6-11(7-9-12)13-4-2-3-5-14(13)15-10-18-16-19-15/h2-10,16H,1H3. The van der Waals surface area contributed by atoms with Crippen LogP contribution < -0.4 is 8.86 Å². The van der Waals surface area contributed by atoms with Gasteiger partial charge in [0.15, 0.2) is 0 Å². The highest BCUT2D eigenvalue weighted by Gasteiger charge is 2.13. The minimum Gasteiger partial charge on any atom is -0.497 e. The fraction of sp³-hybridized carbons (Fsp3) is 0.0667. The van der Waals surface area contributed by atoms with Gasteiger partial charge in [-0.3, -0.25) is 0 Å². The first-order chi connectivity index (χ1) is 9.38. The minimum atomic E-state index is 0.882. The van der Waals surface area contributed by atoms with Crippen molar-refractivity contribution in [2.24, 2.45) is 0 Å². The molecule has 0 saturated heterocycles. The fourth-order valence-electron chi connectivity index (χ4n) is 2.01. The van der Waals surface area contributed by atoms with E-state index in [9.17, 15) is 0 Å². The Labute approximate surface area is 121 Å². The van der Waals surface area contributed by atoms with Crippen LogP contribution in [0.2, 0.25) is 0 Å². The number of benzene rings is 2. The van der Waals surface area contributed by atoms with Crippen molar-refractivity contribution in [1.82, 2.24) is 4.13 Å². The number of methoxy groups -OCH3 is 1. The fourth-order valence-corrected chi connectivity index (χ4v) is 3.61. The molecule has 0 saturated carbocycles. The second kappa shape index (κ2) is 5.74. The van der Waals surface area contributed by atoms with Crippen molar-refractivity contribution in [1.29, 1.82) is 0 Å². The summed E-state index contributed by atoms with van der Waals surface area (Å²) in [5, 5.41) is 2.15. The Morgan fingerprint density at radius 1 is 0.947 bits per heavy atom. The van der Waals surface area contributed by atoms with Crippen LogP contribution in [0.4, 0.5) is 0 Å². The van der Waals surface area contributed by atoms with Gasteiger partial charge in [-0.2, -0.15) is 4.13 Å². The van der Waals surface area contributed by atoms with Gasteiger partial charge < -0.3 is 4.74 Å². The first-order valence-electron chi connectivity index (χ1n) is 5.90. The van der Waals surface area contributed by atoms with Crippen molar-refractivity contribution in [3.8, 4) is 16.9 Å². The summed E-state index contributed by atoms with van der Waals surface area (Å²) in [5.41, 5.74) is 3.71. The van der Waals surface area contributed by atoms with Gasteiger partial charge in [0.25, 0.3) is 0 Å². The highest BCUT2D eigenvalue weighted by Crippen LogP contribution is 2.39. The molecule has 2 aromatic carbocycles. The zero-order valence-electron chi connectivity index (χ0n) is 10.4. The summed E-state index contributed by atoms with van der Waals surface area (Å²) < 4.78 is 8.39. The second-order valence-electron chi connectivity index (χ2n) is 4.06. The maximum absolute atomic E-state index is 5.21. The highest BCUT2D eigenvalue weighted by molar-refractivity contribution is 8.22. The predicted octanol–water partition coefficient (Wildman–Crippen LogP) is 4.56. The summed E-state index contributed by atoms with van der Waals surface area (Å²) in [6.45, 7) is 0. The Bertz CT molecular complexity index is 608. The molecule has 2 aromatic rings. The van der Waals surface area contributed by atoms with E-state index < -0.39 is 0 Å². The molecule has 3 rings (SSSR count). The van der Waals surface area contributed by atoms with Crippen LogP contribution in [0.25, 0.3) is 16.0 Å². The van der Waals surface area contributed by atoms with Gasteiger partial charge in [-0.1, -0.05) is 36.4 Å². The number of nitrogens with one attached hydrogen (secondary N) is 1. The molecule has 0 aromatic heterocycles. The summed E-state index contributed by atoms with van der Waals surface area (Å²) in [7, 11) is 1.69. The van der Waals surface area contributed by atoms with Crippen LogP contribution in [0, 0.1) is 0 Å². The summed E-state index contributed by atoms with van der Waals surface area (Å²) in [6, 6.07) is 16.6. The number of hydrogen-bond donors (Lipinski definition) is 1. The van der Waals surface area contributed by atoms with Crippen molar-refractivity contribution in [3.63, 3.8) is 0 Å². The van der Waals surface area contributed by atoms with E-state index in [0.717, 1.165) is 5.75 Å². The van der Waals surface area contributed by atoms with E-state index in [2.05, 4.69) is 45.9 Å². The van der Waals surface area contributed by atoms with E-state index in [1.807, 2.05) is 12.1 Å². The van der Waals surface area contributed by atoms with Gasteiger partial charge >= 0.3 is 0 Å². The SMILES string of the molecule is COc1ccc(-c2ccccc2C2=CSNS2)cc1. The molecule has 1 aliphatic rings. The average Bonchev–Trinajstić information content (AvgIpc) is 3.01. The number of ether oxygens (including phenoxy) is 1. The second-order valence-corrected chi connectivity index (χ2v) is 5.84. The van der Waals surface area contributed by atoms with Gasteiger partial charge in [-0.25, -0.2) is 0 Å². The molecular weight excluding hydrogens is 274 g/mol. The van der Waals surface area contributed by atoms with Gasteiger partial charge in [-0.05, 0) is 52.7 Å². The van der Waals surface area contributed by atoms with Gasteiger partial charge in [0.05, 0.1) is 7.11 Å². The average molecular weight is 287 g/mol. The lowest BCUT2D eigenvalue weighted by Gasteiger charge is -2.10. The van der Waals surface area contributed by atoms with Crippen LogP contribution in [-0.2, 0) is 0 Å². The molecule has 0 amide bonds. The third kappa shape index (κ3) is 2.66. The maximum atomic E-state index is 5.21. The van der Waals surface area contributed by atoms with E-state index >= 15 is 0 Å². The summed E-state index contributed by atoms with van der Waals surface area (Å²) in [4.78, 5) is 1.26. The van der Waals surface area contributed by atoms with Crippen LogP contribution in [-0.4, -0.2) is 7.11 Å². The van der Waals surface area contributed by atoms with Gasteiger partial charge in [0, 0.05) is 10.3 Å². The Kier molecular flexibility index (Phi) is 3.82. The Morgan fingerprint density at radius 2 is 1.68 bits per heavy atom. The van der Waals surface area contributed by atoms with Crippen molar-refractivity contribution >= 4 is 28.8 Å². The van der Waals surface area contributed by atoms with E-state index in [0.29, 0.717) is 0 Å².